The van der Waals surface area contributed by atoms with Gasteiger partial charge in [-0.15, -0.1) is 0 Å². The average molecular weight is 307 g/mol. The Balaban J connectivity index is 3.00. The van der Waals surface area contributed by atoms with Crippen LogP contribution in [0, 0.1) is 0 Å². The molecule has 0 radical (unpaired) electrons. The van der Waals surface area contributed by atoms with Crippen LogP contribution < -0.4 is 0 Å². The number of alkyl halides is 1. The van der Waals surface area contributed by atoms with Crippen molar-refractivity contribution < 1.29 is 14.8 Å². The maximum atomic E-state index is 12.1. The van der Waals surface area contributed by atoms with Crippen LogP contribution in [-0.2, 0) is 9.59 Å². The molecule has 1 aliphatic rings. The van der Waals surface area contributed by atoms with Crippen molar-refractivity contribution in [3.63, 3.8) is 0 Å². The summed E-state index contributed by atoms with van der Waals surface area (Å²) in [5.41, 5.74) is -2.06. The Morgan fingerprint density at radius 1 is 1.35 bits per heavy atom. The van der Waals surface area contributed by atoms with Gasteiger partial charge in [-0.1, -0.05) is 15.9 Å². The van der Waals surface area contributed by atoms with Gasteiger partial charge in [0.2, 0.25) is 5.91 Å². The molecule has 1 saturated heterocycles. The molecule has 1 heterocycles. The fraction of sp³-hybridized carbons (Fsp3) is 0.818. The zero-order valence-corrected chi connectivity index (χ0v) is 12.2. The zero-order valence-electron chi connectivity index (χ0n) is 10.7. The summed E-state index contributed by atoms with van der Waals surface area (Å²) >= 11 is 3.25. The highest BCUT2D eigenvalue weighted by Gasteiger charge is 2.58. The van der Waals surface area contributed by atoms with Crippen molar-refractivity contribution in [2.75, 3.05) is 5.33 Å². The van der Waals surface area contributed by atoms with Crippen molar-refractivity contribution in [3.8, 4) is 0 Å². The fourth-order valence-corrected chi connectivity index (χ4v) is 2.42. The molecular formula is C11H19BrN2O3. The number of hydrogen-bond donors (Lipinski definition) is 1. The van der Waals surface area contributed by atoms with E-state index in [1.807, 2.05) is 0 Å². The Morgan fingerprint density at radius 2 is 1.88 bits per heavy atom. The normalized spacial score (nSPS) is 23.2. The van der Waals surface area contributed by atoms with Crippen molar-refractivity contribution in [1.29, 1.82) is 0 Å². The number of hydroxylamine groups is 2. The molecule has 1 fully saturated rings. The van der Waals surface area contributed by atoms with Gasteiger partial charge < -0.3 is 5.21 Å². The third kappa shape index (κ3) is 2.26. The number of hydrogen-bond acceptors (Lipinski definition) is 4. The molecular weight excluding hydrogens is 288 g/mol. The molecule has 17 heavy (non-hydrogen) atoms. The van der Waals surface area contributed by atoms with Crippen LogP contribution in [0.1, 0.15) is 40.5 Å². The summed E-state index contributed by atoms with van der Waals surface area (Å²) in [6.45, 7) is 6.53. The van der Waals surface area contributed by atoms with E-state index in [0.717, 1.165) is 9.96 Å². The lowest BCUT2D eigenvalue weighted by molar-refractivity contribution is -0.210. The lowest BCUT2D eigenvalue weighted by Crippen LogP contribution is -2.51. The third-order valence-corrected chi connectivity index (χ3v) is 3.66. The van der Waals surface area contributed by atoms with E-state index in [9.17, 15) is 14.8 Å². The van der Waals surface area contributed by atoms with Crippen molar-refractivity contribution in [2.24, 2.45) is 0 Å². The standard InChI is InChI=1S/C11H19BrN2O3/c1-10(2)9(16)13(8(15)6-5-7-12)11(3,4)14(10)17/h17H,5-7H2,1-4H3. The summed E-state index contributed by atoms with van der Waals surface area (Å²) in [6.07, 6.45) is 0.967. The van der Waals surface area contributed by atoms with Crippen molar-refractivity contribution in [1.82, 2.24) is 9.96 Å². The van der Waals surface area contributed by atoms with E-state index in [1.165, 1.54) is 0 Å². The number of carbonyl (C=O) groups is 2. The van der Waals surface area contributed by atoms with Gasteiger partial charge in [-0.25, -0.2) is 0 Å². The lowest BCUT2D eigenvalue weighted by Gasteiger charge is -2.34. The average Bonchev–Trinajstić information content (AvgIpc) is 2.35. The van der Waals surface area contributed by atoms with Crippen LogP contribution in [0.5, 0.6) is 0 Å². The van der Waals surface area contributed by atoms with E-state index in [-0.39, 0.29) is 11.8 Å². The number of nitrogens with zero attached hydrogens (tertiary/aromatic N) is 2. The van der Waals surface area contributed by atoms with Gasteiger partial charge in [-0.05, 0) is 34.1 Å². The third-order valence-electron chi connectivity index (χ3n) is 3.10. The van der Waals surface area contributed by atoms with E-state index in [0.29, 0.717) is 18.2 Å². The summed E-state index contributed by atoms with van der Waals surface area (Å²) in [5.74, 6) is -0.603. The van der Waals surface area contributed by atoms with Crippen molar-refractivity contribution >= 4 is 27.7 Å². The van der Waals surface area contributed by atoms with E-state index >= 15 is 0 Å². The van der Waals surface area contributed by atoms with Gasteiger partial charge in [0.05, 0.1) is 0 Å². The Labute approximate surface area is 110 Å². The first kappa shape index (κ1) is 14.6. The van der Waals surface area contributed by atoms with Gasteiger partial charge in [0.25, 0.3) is 5.91 Å². The summed E-state index contributed by atoms with van der Waals surface area (Å²) < 4.78 is 0. The molecule has 2 amide bonds. The molecule has 98 valence electrons. The minimum atomic E-state index is -1.06. The Kier molecular flexibility index (Phi) is 4.01. The quantitative estimate of drug-likeness (QED) is 0.807. The highest BCUT2D eigenvalue weighted by Crippen LogP contribution is 2.36. The van der Waals surface area contributed by atoms with Gasteiger partial charge in [0, 0.05) is 11.8 Å². The van der Waals surface area contributed by atoms with Gasteiger partial charge in [0.15, 0.2) is 0 Å². The van der Waals surface area contributed by atoms with Crippen LogP contribution in [0.4, 0.5) is 0 Å². The number of rotatable bonds is 3. The Morgan fingerprint density at radius 3 is 2.24 bits per heavy atom. The number of halogens is 1. The molecule has 0 atom stereocenters. The molecule has 1 N–H and O–H groups in total. The van der Waals surface area contributed by atoms with Crippen LogP contribution in [0.3, 0.4) is 0 Å². The second-order valence-electron chi connectivity index (χ2n) is 5.19. The molecule has 0 aromatic heterocycles. The summed E-state index contributed by atoms with van der Waals surface area (Å²) in [4.78, 5) is 25.3. The topological polar surface area (TPSA) is 60.9 Å². The molecule has 0 aromatic rings. The van der Waals surface area contributed by atoms with Gasteiger partial charge in [-0.2, -0.15) is 5.06 Å². The largest absolute Gasteiger partial charge is 0.311 e. The smallest absolute Gasteiger partial charge is 0.253 e. The molecule has 0 unspecified atom stereocenters. The van der Waals surface area contributed by atoms with Crippen LogP contribution in [-0.4, -0.2) is 43.5 Å². The predicted octanol–water partition coefficient (Wildman–Crippen LogP) is 1.74. The molecule has 5 nitrogen and oxygen atoms in total. The van der Waals surface area contributed by atoms with E-state index in [1.54, 1.807) is 27.7 Å². The van der Waals surface area contributed by atoms with Gasteiger partial charge in [-0.3, -0.25) is 14.5 Å². The predicted molar refractivity (Wildman–Crippen MR) is 66.7 cm³/mol. The van der Waals surface area contributed by atoms with E-state index in [4.69, 9.17) is 0 Å². The first-order valence-corrected chi connectivity index (χ1v) is 6.72. The van der Waals surface area contributed by atoms with Crippen molar-refractivity contribution in [2.45, 2.75) is 51.7 Å². The molecule has 6 heteroatoms. The molecule has 0 aliphatic carbocycles. The summed E-state index contributed by atoms with van der Waals surface area (Å²) in [5, 5.41) is 11.7. The summed E-state index contributed by atoms with van der Waals surface area (Å²) in [7, 11) is 0. The van der Waals surface area contributed by atoms with E-state index < -0.39 is 11.2 Å². The Hall–Kier alpha value is -0.460. The number of amides is 2. The van der Waals surface area contributed by atoms with Crippen LogP contribution >= 0.6 is 15.9 Å². The molecule has 1 aliphatic heterocycles. The van der Waals surface area contributed by atoms with Crippen LogP contribution in [0.25, 0.3) is 0 Å². The van der Waals surface area contributed by atoms with Crippen LogP contribution in [0.15, 0.2) is 0 Å². The van der Waals surface area contributed by atoms with Crippen LogP contribution in [0.2, 0.25) is 0 Å². The molecule has 1 rings (SSSR count). The fourth-order valence-electron chi connectivity index (χ4n) is 2.14. The minimum Gasteiger partial charge on any atom is -0.311 e. The Bertz CT molecular complexity index is 342. The maximum Gasteiger partial charge on any atom is 0.253 e. The number of carbonyl (C=O) groups excluding carboxylic acids is 2. The zero-order chi connectivity index (χ0) is 13.4. The second kappa shape index (κ2) is 4.66. The molecule has 0 saturated carbocycles. The van der Waals surface area contributed by atoms with Gasteiger partial charge in [0.1, 0.15) is 11.2 Å². The number of imide groups is 1. The monoisotopic (exact) mass is 306 g/mol. The highest BCUT2D eigenvalue weighted by atomic mass is 79.9. The second-order valence-corrected chi connectivity index (χ2v) is 5.99. The lowest BCUT2D eigenvalue weighted by atomic mass is 10.1. The first-order valence-electron chi connectivity index (χ1n) is 5.60. The summed E-state index contributed by atoms with van der Waals surface area (Å²) in [6, 6.07) is 0. The maximum absolute atomic E-state index is 12.1. The minimum absolute atomic E-state index is 0.246. The van der Waals surface area contributed by atoms with Gasteiger partial charge >= 0.3 is 0 Å². The first-order chi connectivity index (χ1) is 7.67. The molecule has 0 spiro atoms. The SMILES string of the molecule is CC1(C)C(=O)N(C(=O)CCCBr)C(C)(C)N1O. The van der Waals surface area contributed by atoms with E-state index in [2.05, 4.69) is 15.9 Å². The van der Waals surface area contributed by atoms with Crippen molar-refractivity contribution in [3.05, 3.63) is 0 Å². The highest BCUT2D eigenvalue weighted by molar-refractivity contribution is 9.09. The molecule has 0 aromatic carbocycles. The molecule has 0 bridgehead atoms.